The molecule has 0 saturated heterocycles. The molecule has 0 radical (unpaired) electrons. The molecule has 0 aliphatic carbocycles. The lowest BCUT2D eigenvalue weighted by molar-refractivity contribution is -0.344. The summed E-state index contributed by atoms with van der Waals surface area (Å²) in [5.74, 6) is -16.9. The van der Waals surface area contributed by atoms with Crippen LogP contribution in [0.2, 0.25) is 0 Å². The third-order valence-corrected chi connectivity index (χ3v) is 5.65. The van der Waals surface area contributed by atoms with Gasteiger partial charge in [-0.15, -0.1) is 0 Å². The number of halogens is 7. The van der Waals surface area contributed by atoms with Gasteiger partial charge in [-0.05, 0) is 12.0 Å². The van der Waals surface area contributed by atoms with Crippen LogP contribution in [-0.2, 0) is 20.7 Å². The van der Waals surface area contributed by atoms with E-state index in [9.17, 15) is 40.3 Å². The molecule has 36 heavy (non-hydrogen) atoms. The number of nitrogens with one attached hydrogen (secondary N) is 1. The van der Waals surface area contributed by atoms with Crippen LogP contribution in [-0.4, -0.2) is 42.5 Å². The quantitative estimate of drug-likeness (QED) is 0.134. The Labute approximate surface area is 207 Å². The Balaban J connectivity index is 2.64. The fraction of sp³-hybridized carbons (Fsp3) is 0.680. The summed E-state index contributed by atoms with van der Waals surface area (Å²) in [6.07, 6.45) is 3.03. The third kappa shape index (κ3) is 9.97. The van der Waals surface area contributed by atoms with Crippen LogP contribution in [0.4, 0.5) is 30.7 Å². The van der Waals surface area contributed by atoms with Crippen LogP contribution in [0.25, 0.3) is 0 Å². The summed E-state index contributed by atoms with van der Waals surface area (Å²) in [7, 11) is 0. The predicted octanol–water partition coefficient (Wildman–Crippen LogP) is 7.01. The lowest BCUT2D eigenvalue weighted by Crippen LogP contribution is -2.61. The van der Waals surface area contributed by atoms with Gasteiger partial charge in [-0.1, -0.05) is 95.0 Å². The summed E-state index contributed by atoms with van der Waals surface area (Å²) in [6, 6.07) is 5.75. The molecular weight excluding hydrogens is 495 g/mol. The molecule has 0 aliphatic rings. The minimum absolute atomic E-state index is 0.106. The van der Waals surface area contributed by atoms with Gasteiger partial charge in [-0.3, -0.25) is 4.79 Å². The minimum atomic E-state index is -6.67. The van der Waals surface area contributed by atoms with Crippen LogP contribution in [0.1, 0.15) is 76.7 Å². The van der Waals surface area contributed by atoms with E-state index in [0.29, 0.717) is 12.0 Å². The van der Waals surface area contributed by atoms with E-state index in [2.05, 4.69) is 6.92 Å². The Kier molecular flexibility index (Phi) is 13.2. The number of esters is 1. The van der Waals surface area contributed by atoms with E-state index in [-0.39, 0.29) is 6.61 Å². The van der Waals surface area contributed by atoms with Crippen molar-refractivity contribution in [3.05, 3.63) is 35.9 Å². The molecule has 1 aromatic rings. The standard InChI is InChI=1S/C25H34F7NO3/c1-2-3-4-5-6-7-8-9-10-14-17-36-21(34)20(18-19-15-12-11-13-16-19)33-22(35)23(26,27)24(28,29)25(30,31)32/h11-13,15-16,20H,2-10,14,17-18H2,1H3,(H,33,35). The van der Waals surface area contributed by atoms with E-state index in [0.717, 1.165) is 32.1 Å². The second kappa shape index (κ2) is 15.0. The van der Waals surface area contributed by atoms with Gasteiger partial charge < -0.3 is 10.1 Å². The normalized spacial score (nSPS) is 13.3. The lowest BCUT2D eigenvalue weighted by Gasteiger charge is -2.28. The minimum Gasteiger partial charge on any atom is -0.464 e. The van der Waals surface area contributed by atoms with E-state index in [1.165, 1.54) is 55.3 Å². The highest BCUT2D eigenvalue weighted by Crippen LogP contribution is 2.46. The van der Waals surface area contributed by atoms with Crippen molar-refractivity contribution in [1.82, 2.24) is 5.32 Å². The first-order valence-corrected chi connectivity index (χ1v) is 12.2. The van der Waals surface area contributed by atoms with Crippen LogP contribution in [0.15, 0.2) is 30.3 Å². The zero-order valence-electron chi connectivity index (χ0n) is 20.3. The van der Waals surface area contributed by atoms with Crippen LogP contribution in [0, 0.1) is 0 Å². The fourth-order valence-electron chi connectivity index (χ4n) is 3.48. The van der Waals surface area contributed by atoms with Crippen LogP contribution in [0.5, 0.6) is 0 Å². The monoisotopic (exact) mass is 529 g/mol. The van der Waals surface area contributed by atoms with Gasteiger partial charge in [0, 0.05) is 6.42 Å². The lowest BCUT2D eigenvalue weighted by atomic mass is 10.0. The zero-order valence-corrected chi connectivity index (χ0v) is 20.3. The number of alkyl halides is 7. The van der Waals surface area contributed by atoms with Gasteiger partial charge in [-0.25, -0.2) is 4.79 Å². The van der Waals surface area contributed by atoms with Crippen molar-refractivity contribution < 1.29 is 45.1 Å². The molecule has 0 spiro atoms. The Morgan fingerprint density at radius 3 is 1.81 bits per heavy atom. The number of unbranched alkanes of at least 4 members (excludes halogenated alkanes) is 9. The zero-order chi connectivity index (χ0) is 27.2. The highest BCUT2D eigenvalue weighted by atomic mass is 19.4. The molecule has 1 rings (SSSR count). The van der Waals surface area contributed by atoms with Gasteiger partial charge >= 0.3 is 24.0 Å². The number of carbonyl (C=O) groups excluding carboxylic acids is 2. The van der Waals surface area contributed by atoms with E-state index >= 15 is 0 Å². The summed E-state index contributed by atoms with van der Waals surface area (Å²) in [5.41, 5.74) is 0.351. The molecule has 0 fully saturated rings. The van der Waals surface area contributed by atoms with Crippen molar-refractivity contribution in [2.24, 2.45) is 0 Å². The second-order valence-corrected chi connectivity index (χ2v) is 8.71. The number of rotatable bonds is 17. The molecule has 0 aliphatic heterocycles. The summed E-state index contributed by atoms with van der Waals surface area (Å²) in [5, 5.41) is 1.33. The van der Waals surface area contributed by atoms with E-state index < -0.39 is 42.4 Å². The maximum atomic E-state index is 13.8. The van der Waals surface area contributed by atoms with E-state index in [4.69, 9.17) is 4.74 Å². The second-order valence-electron chi connectivity index (χ2n) is 8.71. The molecule has 206 valence electrons. The fourth-order valence-corrected chi connectivity index (χ4v) is 3.48. The molecule has 0 bridgehead atoms. The van der Waals surface area contributed by atoms with Gasteiger partial charge in [0.1, 0.15) is 6.04 Å². The first-order chi connectivity index (χ1) is 16.8. The van der Waals surface area contributed by atoms with Gasteiger partial charge in [0.2, 0.25) is 0 Å². The molecule has 1 unspecified atom stereocenters. The number of hydrogen-bond donors (Lipinski definition) is 1. The molecule has 1 N–H and O–H groups in total. The van der Waals surface area contributed by atoms with Crippen molar-refractivity contribution in [3.8, 4) is 0 Å². The Bertz CT molecular complexity index is 786. The van der Waals surface area contributed by atoms with Crippen molar-refractivity contribution in [2.45, 2.75) is 102 Å². The molecule has 0 heterocycles. The summed E-state index contributed by atoms with van der Waals surface area (Å²) < 4.78 is 96.3. The van der Waals surface area contributed by atoms with Gasteiger partial charge in [0.25, 0.3) is 5.91 Å². The van der Waals surface area contributed by atoms with Crippen LogP contribution >= 0.6 is 0 Å². The molecule has 11 heteroatoms. The average molecular weight is 530 g/mol. The first-order valence-electron chi connectivity index (χ1n) is 12.2. The summed E-state index contributed by atoms with van der Waals surface area (Å²) >= 11 is 0. The van der Waals surface area contributed by atoms with Crippen LogP contribution in [0.3, 0.4) is 0 Å². The molecular formula is C25H34F7NO3. The van der Waals surface area contributed by atoms with Crippen molar-refractivity contribution >= 4 is 11.9 Å². The third-order valence-electron chi connectivity index (χ3n) is 5.65. The molecule has 1 aromatic carbocycles. The van der Waals surface area contributed by atoms with Crippen molar-refractivity contribution in [1.29, 1.82) is 0 Å². The van der Waals surface area contributed by atoms with Crippen LogP contribution < -0.4 is 5.32 Å². The number of ether oxygens (including phenoxy) is 1. The molecule has 0 saturated carbocycles. The topological polar surface area (TPSA) is 55.4 Å². The summed E-state index contributed by atoms with van der Waals surface area (Å²) in [6.45, 7) is 2.04. The summed E-state index contributed by atoms with van der Waals surface area (Å²) in [4.78, 5) is 24.2. The first kappa shape index (κ1) is 31.7. The van der Waals surface area contributed by atoms with E-state index in [1.54, 1.807) is 6.07 Å². The number of carbonyl (C=O) groups is 2. The molecule has 1 atom stereocenters. The maximum absolute atomic E-state index is 13.8. The predicted molar refractivity (Wildman–Crippen MR) is 121 cm³/mol. The number of amides is 1. The Hall–Kier alpha value is -2.33. The Morgan fingerprint density at radius 1 is 0.806 bits per heavy atom. The SMILES string of the molecule is CCCCCCCCCCCCOC(=O)C(Cc1ccccc1)NC(=O)C(F)(F)C(F)(F)C(F)(F)F. The largest absolute Gasteiger partial charge is 0.464 e. The molecule has 1 amide bonds. The number of hydrogen-bond acceptors (Lipinski definition) is 3. The highest BCUT2D eigenvalue weighted by molar-refractivity contribution is 5.89. The van der Waals surface area contributed by atoms with Crippen molar-refractivity contribution in [2.75, 3.05) is 6.61 Å². The maximum Gasteiger partial charge on any atom is 0.460 e. The smallest absolute Gasteiger partial charge is 0.460 e. The molecule has 0 aromatic heterocycles. The average Bonchev–Trinajstić information content (AvgIpc) is 2.81. The van der Waals surface area contributed by atoms with Gasteiger partial charge in [-0.2, -0.15) is 30.7 Å². The number of benzene rings is 1. The van der Waals surface area contributed by atoms with Gasteiger partial charge in [0.05, 0.1) is 6.61 Å². The van der Waals surface area contributed by atoms with E-state index in [1.807, 2.05) is 0 Å². The highest BCUT2D eigenvalue weighted by Gasteiger charge is 2.76. The van der Waals surface area contributed by atoms with Gasteiger partial charge in [0.15, 0.2) is 0 Å². The van der Waals surface area contributed by atoms with Crippen molar-refractivity contribution in [3.63, 3.8) is 0 Å². The Morgan fingerprint density at radius 2 is 1.31 bits per heavy atom. The molecule has 4 nitrogen and oxygen atoms in total.